The Kier molecular flexibility index (Phi) is 5.31. The molecule has 0 aliphatic rings. The molecule has 8 nitrogen and oxygen atoms in total. The molecule has 0 bridgehead atoms. The summed E-state index contributed by atoms with van der Waals surface area (Å²) in [6, 6.07) is 12.4. The maximum atomic E-state index is 11.5. The Morgan fingerprint density at radius 1 is 1.29 bits per heavy atom. The van der Waals surface area contributed by atoms with Crippen LogP contribution < -0.4 is 14.8 Å². The van der Waals surface area contributed by atoms with Gasteiger partial charge in [-0.2, -0.15) is 5.26 Å². The van der Waals surface area contributed by atoms with Gasteiger partial charge >= 0.3 is 0 Å². The number of carbonyl (C=O) groups excluding carboxylic acids is 1. The van der Waals surface area contributed by atoms with Crippen LogP contribution >= 0.6 is 0 Å². The molecule has 0 aliphatic heterocycles. The number of amides is 1. The second-order valence-corrected chi connectivity index (χ2v) is 4.61. The van der Waals surface area contributed by atoms with Crippen molar-refractivity contribution in [2.75, 3.05) is 12.4 Å². The maximum absolute atomic E-state index is 11.5. The minimum absolute atomic E-state index is 0.154. The van der Waals surface area contributed by atoms with E-state index in [1.165, 1.54) is 25.3 Å². The maximum Gasteiger partial charge on any atom is 0.275 e. The van der Waals surface area contributed by atoms with Crippen LogP contribution in [0.1, 0.15) is 6.42 Å². The van der Waals surface area contributed by atoms with Crippen molar-refractivity contribution in [3.05, 3.63) is 52.6 Å². The molecule has 0 fully saturated rings. The molecule has 0 saturated carbocycles. The predicted molar refractivity (Wildman–Crippen MR) is 85.0 cm³/mol. The third-order valence-corrected chi connectivity index (χ3v) is 2.92. The third-order valence-electron chi connectivity index (χ3n) is 2.92. The number of rotatable bonds is 6. The fourth-order valence-corrected chi connectivity index (χ4v) is 1.93. The average Bonchev–Trinajstić information content (AvgIpc) is 2.55. The molecule has 0 aromatic heterocycles. The van der Waals surface area contributed by atoms with E-state index in [1.54, 1.807) is 30.3 Å². The summed E-state index contributed by atoms with van der Waals surface area (Å²) in [5.74, 6) is 0.413. The Hall–Kier alpha value is -3.60. The molecule has 0 aliphatic carbocycles. The van der Waals surface area contributed by atoms with Crippen LogP contribution in [0.2, 0.25) is 0 Å². The standard InChI is InChI=1S/C16H13N3O5/c1-23-14-4-2-3-5-15(14)24-13-9-11(18-16(20)6-7-17)8-12(10-13)19(21)22/h2-5,8-10H,6H2,1H3,(H,18,20). The van der Waals surface area contributed by atoms with Crippen molar-refractivity contribution in [1.82, 2.24) is 0 Å². The van der Waals surface area contributed by atoms with Crippen molar-refractivity contribution in [3.8, 4) is 23.3 Å². The first-order chi connectivity index (χ1) is 11.5. The van der Waals surface area contributed by atoms with E-state index in [0.717, 1.165) is 0 Å². The summed E-state index contributed by atoms with van der Waals surface area (Å²) >= 11 is 0. The van der Waals surface area contributed by atoms with E-state index < -0.39 is 10.8 Å². The number of nitrogens with zero attached hydrogens (tertiary/aromatic N) is 2. The quantitative estimate of drug-likeness (QED) is 0.643. The molecular weight excluding hydrogens is 314 g/mol. The van der Waals surface area contributed by atoms with Gasteiger partial charge in [0.1, 0.15) is 12.2 Å². The summed E-state index contributed by atoms with van der Waals surface area (Å²) in [7, 11) is 1.48. The Balaban J connectivity index is 2.35. The van der Waals surface area contributed by atoms with E-state index in [4.69, 9.17) is 14.7 Å². The third kappa shape index (κ3) is 4.20. The second-order valence-electron chi connectivity index (χ2n) is 4.61. The van der Waals surface area contributed by atoms with Crippen LogP contribution in [0.25, 0.3) is 0 Å². The summed E-state index contributed by atoms with van der Waals surface area (Å²) in [5, 5.41) is 22.0. The van der Waals surface area contributed by atoms with Crippen molar-refractivity contribution in [2.24, 2.45) is 0 Å². The Bertz CT molecular complexity index is 814. The number of nitro groups is 1. The monoisotopic (exact) mass is 327 g/mol. The number of nitriles is 1. The molecule has 0 spiro atoms. The summed E-state index contributed by atoms with van der Waals surface area (Å²) in [5.41, 5.74) is -0.0935. The van der Waals surface area contributed by atoms with E-state index in [1.807, 2.05) is 0 Å². The van der Waals surface area contributed by atoms with Crippen LogP contribution in [0.5, 0.6) is 17.2 Å². The number of anilines is 1. The summed E-state index contributed by atoms with van der Waals surface area (Å²) in [6.45, 7) is 0. The van der Waals surface area contributed by atoms with Crippen molar-refractivity contribution in [3.63, 3.8) is 0 Å². The molecule has 8 heteroatoms. The number of benzene rings is 2. The molecule has 0 saturated heterocycles. The Labute approximate surface area is 137 Å². The number of hydrogen-bond acceptors (Lipinski definition) is 6. The van der Waals surface area contributed by atoms with Gasteiger partial charge < -0.3 is 14.8 Å². The molecule has 0 unspecified atom stereocenters. The SMILES string of the molecule is COc1ccccc1Oc1cc(NC(=O)CC#N)cc([N+](=O)[O-])c1. The number of ether oxygens (including phenoxy) is 2. The molecule has 2 aromatic carbocycles. The van der Waals surface area contributed by atoms with Gasteiger partial charge in [0.2, 0.25) is 5.91 Å². The first-order valence-corrected chi connectivity index (χ1v) is 6.80. The van der Waals surface area contributed by atoms with Crippen LogP contribution in [-0.2, 0) is 4.79 Å². The van der Waals surface area contributed by atoms with Crippen LogP contribution in [0.15, 0.2) is 42.5 Å². The highest BCUT2D eigenvalue weighted by Gasteiger charge is 2.14. The van der Waals surface area contributed by atoms with Crippen molar-refractivity contribution < 1.29 is 19.2 Å². The zero-order valence-corrected chi connectivity index (χ0v) is 12.7. The minimum Gasteiger partial charge on any atom is -0.493 e. The van der Waals surface area contributed by atoms with Crippen LogP contribution in [0.4, 0.5) is 11.4 Å². The van der Waals surface area contributed by atoms with E-state index in [-0.39, 0.29) is 23.5 Å². The van der Waals surface area contributed by atoms with Gasteiger partial charge in [-0.3, -0.25) is 14.9 Å². The van der Waals surface area contributed by atoms with E-state index in [9.17, 15) is 14.9 Å². The molecule has 0 atom stereocenters. The molecule has 1 amide bonds. The number of hydrogen-bond donors (Lipinski definition) is 1. The topological polar surface area (TPSA) is 114 Å². The lowest BCUT2D eigenvalue weighted by molar-refractivity contribution is -0.384. The molecule has 122 valence electrons. The number of non-ortho nitro benzene ring substituents is 1. The molecule has 1 N–H and O–H groups in total. The fraction of sp³-hybridized carbons (Fsp3) is 0.125. The van der Waals surface area contributed by atoms with Gasteiger partial charge in [0, 0.05) is 12.1 Å². The summed E-state index contributed by atoms with van der Waals surface area (Å²) in [6.07, 6.45) is -0.356. The highest BCUT2D eigenvalue weighted by atomic mass is 16.6. The zero-order chi connectivity index (χ0) is 17.5. The van der Waals surface area contributed by atoms with Gasteiger partial charge in [-0.15, -0.1) is 0 Å². The number of nitrogens with one attached hydrogen (secondary N) is 1. The first-order valence-electron chi connectivity index (χ1n) is 6.80. The average molecular weight is 327 g/mol. The van der Waals surface area contributed by atoms with Gasteiger partial charge in [-0.05, 0) is 12.1 Å². The van der Waals surface area contributed by atoms with Gasteiger partial charge in [0.05, 0.1) is 29.9 Å². The van der Waals surface area contributed by atoms with Crippen LogP contribution in [-0.4, -0.2) is 17.9 Å². The van der Waals surface area contributed by atoms with Crippen molar-refractivity contribution >= 4 is 17.3 Å². The van der Waals surface area contributed by atoms with Crippen molar-refractivity contribution in [2.45, 2.75) is 6.42 Å². The van der Waals surface area contributed by atoms with Gasteiger partial charge in [0.15, 0.2) is 11.5 Å². The number of carbonyl (C=O) groups is 1. The summed E-state index contributed by atoms with van der Waals surface area (Å²) < 4.78 is 10.8. The molecule has 0 radical (unpaired) electrons. The number of methoxy groups -OCH3 is 1. The minimum atomic E-state index is -0.602. The lowest BCUT2D eigenvalue weighted by Crippen LogP contribution is -2.10. The smallest absolute Gasteiger partial charge is 0.275 e. The highest BCUT2D eigenvalue weighted by molar-refractivity contribution is 5.92. The molecule has 2 aromatic rings. The van der Waals surface area contributed by atoms with Crippen LogP contribution in [0.3, 0.4) is 0 Å². The van der Waals surface area contributed by atoms with Crippen molar-refractivity contribution in [1.29, 1.82) is 5.26 Å². The lowest BCUT2D eigenvalue weighted by Gasteiger charge is -2.11. The van der Waals surface area contributed by atoms with Gasteiger partial charge in [0.25, 0.3) is 5.69 Å². The first kappa shape index (κ1) is 16.8. The fourth-order valence-electron chi connectivity index (χ4n) is 1.93. The van der Waals surface area contributed by atoms with E-state index in [2.05, 4.69) is 5.32 Å². The van der Waals surface area contributed by atoms with Crippen LogP contribution in [0, 0.1) is 21.4 Å². The molecule has 0 heterocycles. The van der Waals surface area contributed by atoms with E-state index in [0.29, 0.717) is 11.5 Å². The normalized spacial score (nSPS) is 9.67. The Morgan fingerprint density at radius 2 is 2.00 bits per heavy atom. The second kappa shape index (κ2) is 7.60. The summed E-state index contributed by atoms with van der Waals surface area (Å²) in [4.78, 5) is 21.9. The predicted octanol–water partition coefficient (Wildman–Crippen LogP) is 3.25. The Morgan fingerprint density at radius 3 is 2.62 bits per heavy atom. The molecular formula is C16H13N3O5. The van der Waals surface area contributed by atoms with E-state index >= 15 is 0 Å². The molecule has 2 rings (SSSR count). The number of nitro benzene ring substituents is 1. The highest BCUT2D eigenvalue weighted by Crippen LogP contribution is 2.34. The number of para-hydroxylation sites is 2. The van der Waals surface area contributed by atoms with Gasteiger partial charge in [-0.25, -0.2) is 0 Å². The van der Waals surface area contributed by atoms with Gasteiger partial charge in [-0.1, -0.05) is 12.1 Å². The zero-order valence-electron chi connectivity index (χ0n) is 12.7. The largest absolute Gasteiger partial charge is 0.493 e. The lowest BCUT2D eigenvalue weighted by atomic mass is 10.2. The molecule has 24 heavy (non-hydrogen) atoms.